The molecule has 0 aliphatic heterocycles. The molecule has 0 fully saturated rings. The van der Waals surface area contributed by atoms with E-state index in [4.69, 9.17) is 4.74 Å². The molecule has 0 unspecified atom stereocenters. The fourth-order valence-corrected chi connectivity index (χ4v) is 1.58. The van der Waals surface area contributed by atoms with E-state index >= 15 is 0 Å². The van der Waals surface area contributed by atoms with Crippen LogP contribution in [0.4, 0.5) is 0 Å². The van der Waals surface area contributed by atoms with Gasteiger partial charge in [-0.25, -0.2) is 0 Å². The molecule has 1 aromatic carbocycles. The number of aryl methyl sites for hydroxylation is 1. The molecule has 2 nitrogen and oxygen atoms in total. The van der Waals surface area contributed by atoms with Crippen LogP contribution >= 0.6 is 0 Å². The van der Waals surface area contributed by atoms with Crippen LogP contribution in [0.15, 0.2) is 18.2 Å². The first-order valence-corrected chi connectivity index (χ1v) is 6.21. The van der Waals surface area contributed by atoms with Crippen LogP contribution in [-0.4, -0.2) is 5.97 Å². The van der Waals surface area contributed by atoms with Gasteiger partial charge in [0.1, 0.15) is 5.75 Å². The second-order valence-corrected chi connectivity index (χ2v) is 5.25. The molecule has 94 valence electrons. The van der Waals surface area contributed by atoms with E-state index in [-0.39, 0.29) is 5.97 Å². The van der Waals surface area contributed by atoms with Gasteiger partial charge in [0.05, 0.1) is 0 Å². The minimum absolute atomic E-state index is 0.149. The number of carbonyl (C=O) groups is 1. The molecule has 0 saturated heterocycles. The van der Waals surface area contributed by atoms with E-state index in [1.807, 2.05) is 32.9 Å². The van der Waals surface area contributed by atoms with Crippen LogP contribution in [0.2, 0.25) is 0 Å². The summed E-state index contributed by atoms with van der Waals surface area (Å²) in [7, 11) is 0. The first-order valence-electron chi connectivity index (χ1n) is 6.21. The van der Waals surface area contributed by atoms with Gasteiger partial charge in [0.25, 0.3) is 0 Å². The highest BCUT2D eigenvalue weighted by atomic mass is 16.5. The van der Waals surface area contributed by atoms with Crippen LogP contribution in [0, 0.1) is 12.8 Å². The molecule has 2 heteroatoms. The van der Waals surface area contributed by atoms with Crippen LogP contribution in [0.25, 0.3) is 0 Å². The monoisotopic (exact) mass is 234 g/mol. The Kier molecular flexibility index (Phi) is 4.73. The first kappa shape index (κ1) is 13.8. The Morgan fingerprint density at radius 1 is 1.24 bits per heavy atom. The number of carbonyl (C=O) groups excluding carboxylic acids is 1. The van der Waals surface area contributed by atoms with Gasteiger partial charge in [0.2, 0.25) is 0 Å². The van der Waals surface area contributed by atoms with Gasteiger partial charge in [-0.2, -0.15) is 0 Å². The van der Waals surface area contributed by atoms with Crippen LogP contribution in [0.5, 0.6) is 5.75 Å². The lowest BCUT2D eigenvalue weighted by atomic mass is 10.0. The Hall–Kier alpha value is -1.31. The van der Waals surface area contributed by atoms with E-state index in [9.17, 15) is 4.79 Å². The zero-order valence-electron chi connectivity index (χ0n) is 11.4. The molecular weight excluding hydrogens is 212 g/mol. The highest BCUT2D eigenvalue weighted by molar-refractivity contribution is 5.73. The maximum Gasteiger partial charge on any atom is 0.311 e. The average Bonchev–Trinajstić information content (AvgIpc) is 2.19. The van der Waals surface area contributed by atoms with E-state index in [2.05, 4.69) is 19.9 Å². The molecule has 0 bridgehead atoms. The molecule has 17 heavy (non-hydrogen) atoms. The summed E-state index contributed by atoms with van der Waals surface area (Å²) >= 11 is 0. The minimum atomic E-state index is -0.149. The van der Waals surface area contributed by atoms with Gasteiger partial charge in [-0.15, -0.1) is 0 Å². The highest BCUT2D eigenvalue weighted by Gasteiger charge is 2.10. The van der Waals surface area contributed by atoms with Crippen molar-refractivity contribution < 1.29 is 9.53 Å². The maximum absolute atomic E-state index is 11.6. The number of hydrogen-bond acceptors (Lipinski definition) is 2. The standard InChI is InChI=1S/C15H22O2/c1-10(2)8-15(16)17-14-9-13(11(3)4)7-6-12(14)5/h6-7,9-11H,8H2,1-5H3. The van der Waals surface area contributed by atoms with Crippen LogP contribution < -0.4 is 4.74 Å². The van der Waals surface area contributed by atoms with Crippen LogP contribution in [-0.2, 0) is 4.79 Å². The lowest BCUT2D eigenvalue weighted by Crippen LogP contribution is -2.11. The molecule has 0 radical (unpaired) electrons. The smallest absolute Gasteiger partial charge is 0.311 e. The van der Waals surface area contributed by atoms with Crippen molar-refractivity contribution in [3.05, 3.63) is 29.3 Å². The summed E-state index contributed by atoms with van der Waals surface area (Å²) in [6, 6.07) is 6.06. The Balaban J connectivity index is 2.82. The highest BCUT2D eigenvalue weighted by Crippen LogP contribution is 2.24. The Labute approximate surface area is 104 Å². The summed E-state index contributed by atoms with van der Waals surface area (Å²) in [6.45, 7) is 10.2. The molecule has 1 rings (SSSR count). The van der Waals surface area contributed by atoms with Crippen LogP contribution in [0.1, 0.15) is 51.2 Å². The molecule has 0 N–H and O–H groups in total. The number of hydrogen-bond donors (Lipinski definition) is 0. The fraction of sp³-hybridized carbons (Fsp3) is 0.533. The molecule has 0 aromatic heterocycles. The van der Waals surface area contributed by atoms with E-state index < -0.39 is 0 Å². The van der Waals surface area contributed by atoms with Gasteiger partial charge in [-0.1, -0.05) is 39.8 Å². The van der Waals surface area contributed by atoms with Gasteiger partial charge in [0, 0.05) is 6.42 Å². The summed E-state index contributed by atoms with van der Waals surface area (Å²) in [5.74, 6) is 1.32. The molecular formula is C15H22O2. The summed E-state index contributed by atoms with van der Waals surface area (Å²) in [5, 5.41) is 0. The van der Waals surface area contributed by atoms with Crippen molar-refractivity contribution in [1.29, 1.82) is 0 Å². The fourth-order valence-electron chi connectivity index (χ4n) is 1.58. The molecule has 0 spiro atoms. The van der Waals surface area contributed by atoms with E-state index in [1.165, 1.54) is 5.56 Å². The number of esters is 1. The number of ether oxygens (including phenoxy) is 1. The predicted octanol–water partition coefficient (Wildman–Crippen LogP) is 4.07. The Morgan fingerprint density at radius 3 is 2.41 bits per heavy atom. The van der Waals surface area contributed by atoms with Gasteiger partial charge in [-0.3, -0.25) is 4.79 Å². The molecule has 0 saturated carbocycles. The third-order valence-electron chi connectivity index (χ3n) is 2.68. The van der Waals surface area contributed by atoms with E-state index in [1.54, 1.807) is 0 Å². The molecule has 0 aliphatic rings. The molecule has 0 heterocycles. The van der Waals surface area contributed by atoms with Crippen molar-refractivity contribution >= 4 is 5.97 Å². The largest absolute Gasteiger partial charge is 0.426 e. The normalized spacial score (nSPS) is 11.0. The number of rotatable bonds is 4. The summed E-state index contributed by atoms with van der Waals surface area (Å²) in [5.41, 5.74) is 2.20. The maximum atomic E-state index is 11.6. The zero-order chi connectivity index (χ0) is 13.0. The lowest BCUT2D eigenvalue weighted by molar-refractivity contribution is -0.135. The third-order valence-corrected chi connectivity index (χ3v) is 2.68. The molecule has 1 aromatic rings. The topological polar surface area (TPSA) is 26.3 Å². The SMILES string of the molecule is Cc1ccc(C(C)C)cc1OC(=O)CC(C)C. The summed E-state index contributed by atoms with van der Waals surface area (Å²) in [4.78, 5) is 11.6. The van der Waals surface area contributed by atoms with E-state index in [0.717, 1.165) is 5.56 Å². The van der Waals surface area contributed by atoms with Gasteiger partial charge in [-0.05, 0) is 36.0 Å². The van der Waals surface area contributed by atoms with Gasteiger partial charge in [0.15, 0.2) is 0 Å². The Morgan fingerprint density at radius 2 is 1.88 bits per heavy atom. The molecule has 0 atom stereocenters. The quantitative estimate of drug-likeness (QED) is 0.580. The van der Waals surface area contributed by atoms with Crippen molar-refractivity contribution in [2.24, 2.45) is 5.92 Å². The number of benzene rings is 1. The lowest BCUT2D eigenvalue weighted by Gasteiger charge is -2.12. The van der Waals surface area contributed by atoms with Crippen molar-refractivity contribution in [3.63, 3.8) is 0 Å². The Bertz CT molecular complexity index is 392. The first-order chi connectivity index (χ1) is 7.90. The van der Waals surface area contributed by atoms with Gasteiger partial charge < -0.3 is 4.74 Å². The molecule has 0 amide bonds. The van der Waals surface area contributed by atoms with Crippen molar-refractivity contribution in [2.75, 3.05) is 0 Å². The molecule has 0 aliphatic carbocycles. The predicted molar refractivity (Wildman–Crippen MR) is 70.4 cm³/mol. The van der Waals surface area contributed by atoms with E-state index in [0.29, 0.717) is 24.0 Å². The van der Waals surface area contributed by atoms with Crippen LogP contribution in [0.3, 0.4) is 0 Å². The third kappa shape index (κ3) is 4.22. The van der Waals surface area contributed by atoms with Gasteiger partial charge >= 0.3 is 5.97 Å². The minimum Gasteiger partial charge on any atom is -0.426 e. The summed E-state index contributed by atoms with van der Waals surface area (Å²) < 4.78 is 5.41. The second kappa shape index (κ2) is 5.85. The van der Waals surface area contributed by atoms with Crippen molar-refractivity contribution in [1.82, 2.24) is 0 Å². The van der Waals surface area contributed by atoms with Crippen molar-refractivity contribution in [2.45, 2.75) is 47.0 Å². The summed E-state index contributed by atoms with van der Waals surface area (Å²) in [6.07, 6.45) is 0.464. The second-order valence-electron chi connectivity index (χ2n) is 5.25. The average molecular weight is 234 g/mol. The van der Waals surface area contributed by atoms with Crippen molar-refractivity contribution in [3.8, 4) is 5.75 Å². The zero-order valence-corrected chi connectivity index (χ0v) is 11.4.